The van der Waals surface area contributed by atoms with E-state index in [1.54, 1.807) is 7.11 Å². The van der Waals surface area contributed by atoms with Crippen LogP contribution in [0.4, 0.5) is 0 Å². The van der Waals surface area contributed by atoms with Crippen LogP contribution in [0.25, 0.3) is 0 Å². The van der Waals surface area contributed by atoms with E-state index in [0.29, 0.717) is 12.5 Å². The average Bonchev–Trinajstić information content (AvgIpc) is 2.05. The maximum absolute atomic E-state index is 6.00. The minimum Gasteiger partial charge on any atom is -0.384 e. The van der Waals surface area contributed by atoms with E-state index < -0.39 is 0 Å². The van der Waals surface area contributed by atoms with Gasteiger partial charge in [-0.05, 0) is 11.6 Å². The molecule has 66 valence electrons. The standard InChI is InChI=1S/C10H13ClO/c1-8(7-12-2)9-5-3-4-6-10(9)11/h3-6,8H,7H2,1-2H3. The molecule has 0 N–H and O–H groups in total. The summed E-state index contributed by atoms with van der Waals surface area (Å²) in [7, 11) is 1.70. The topological polar surface area (TPSA) is 9.23 Å². The lowest BCUT2D eigenvalue weighted by atomic mass is 10.0. The van der Waals surface area contributed by atoms with Gasteiger partial charge in [-0.1, -0.05) is 36.7 Å². The first-order valence-electron chi connectivity index (χ1n) is 3.99. The first-order chi connectivity index (χ1) is 5.75. The molecule has 2 heteroatoms. The molecule has 0 spiro atoms. The molecule has 0 aliphatic rings. The molecule has 0 amide bonds. The maximum Gasteiger partial charge on any atom is 0.0528 e. The molecule has 0 saturated heterocycles. The molecule has 1 atom stereocenters. The number of methoxy groups -OCH3 is 1. The molecule has 0 aliphatic heterocycles. The molecule has 0 saturated carbocycles. The van der Waals surface area contributed by atoms with Gasteiger partial charge in [0.15, 0.2) is 0 Å². The van der Waals surface area contributed by atoms with Crippen LogP contribution in [0, 0.1) is 0 Å². The van der Waals surface area contributed by atoms with E-state index in [0.717, 1.165) is 10.6 Å². The van der Waals surface area contributed by atoms with Crippen molar-refractivity contribution in [1.82, 2.24) is 0 Å². The van der Waals surface area contributed by atoms with Crippen molar-refractivity contribution in [2.75, 3.05) is 13.7 Å². The van der Waals surface area contributed by atoms with Crippen molar-refractivity contribution in [1.29, 1.82) is 0 Å². The number of halogens is 1. The summed E-state index contributed by atoms with van der Waals surface area (Å²) >= 11 is 6.00. The van der Waals surface area contributed by atoms with E-state index >= 15 is 0 Å². The van der Waals surface area contributed by atoms with E-state index in [2.05, 4.69) is 6.92 Å². The van der Waals surface area contributed by atoms with E-state index in [1.807, 2.05) is 24.3 Å². The zero-order valence-corrected chi connectivity index (χ0v) is 8.14. The highest BCUT2D eigenvalue weighted by Gasteiger charge is 2.07. The van der Waals surface area contributed by atoms with E-state index in [9.17, 15) is 0 Å². The van der Waals surface area contributed by atoms with E-state index in [-0.39, 0.29) is 0 Å². The van der Waals surface area contributed by atoms with E-state index in [1.165, 1.54) is 0 Å². The van der Waals surface area contributed by atoms with Gasteiger partial charge in [0.25, 0.3) is 0 Å². The maximum atomic E-state index is 6.00. The van der Waals surface area contributed by atoms with Gasteiger partial charge in [-0.2, -0.15) is 0 Å². The van der Waals surface area contributed by atoms with Crippen LogP contribution in [0.5, 0.6) is 0 Å². The van der Waals surface area contributed by atoms with Crippen molar-refractivity contribution in [2.45, 2.75) is 12.8 Å². The van der Waals surface area contributed by atoms with Gasteiger partial charge in [0, 0.05) is 18.1 Å². The Bertz CT molecular complexity index is 247. The van der Waals surface area contributed by atoms with Crippen LogP contribution in [0.1, 0.15) is 18.4 Å². The summed E-state index contributed by atoms with van der Waals surface area (Å²) in [5.41, 5.74) is 1.15. The summed E-state index contributed by atoms with van der Waals surface area (Å²) < 4.78 is 5.05. The molecule has 1 aromatic carbocycles. The summed E-state index contributed by atoms with van der Waals surface area (Å²) in [5, 5.41) is 0.821. The fraction of sp³-hybridized carbons (Fsp3) is 0.400. The first-order valence-corrected chi connectivity index (χ1v) is 4.37. The molecule has 1 nitrogen and oxygen atoms in total. The SMILES string of the molecule is COCC(C)c1ccccc1Cl. The number of hydrogen-bond donors (Lipinski definition) is 0. The molecule has 0 aromatic heterocycles. The predicted octanol–water partition coefficient (Wildman–Crippen LogP) is 3.09. The highest BCUT2D eigenvalue weighted by atomic mass is 35.5. The van der Waals surface area contributed by atoms with Crippen LogP contribution in [-0.2, 0) is 4.74 Å². The van der Waals surface area contributed by atoms with Crippen LogP contribution < -0.4 is 0 Å². The Balaban J connectivity index is 2.79. The third-order valence-corrected chi connectivity index (χ3v) is 2.20. The zero-order valence-electron chi connectivity index (χ0n) is 7.38. The van der Waals surface area contributed by atoms with E-state index in [4.69, 9.17) is 16.3 Å². The highest BCUT2D eigenvalue weighted by Crippen LogP contribution is 2.23. The summed E-state index contributed by atoms with van der Waals surface area (Å²) in [6.07, 6.45) is 0. The van der Waals surface area contributed by atoms with Gasteiger partial charge in [0.1, 0.15) is 0 Å². The molecular weight excluding hydrogens is 172 g/mol. The lowest BCUT2D eigenvalue weighted by Gasteiger charge is -2.11. The molecule has 12 heavy (non-hydrogen) atoms. The zero-order chi connectivity index (χ0) is 8.97. The van der Waals surface area contributed by atoms with Crippen molar-refractivity contribution < 1.29 is 4.74 Å². The molecule has 1 unspecified atom stereocenters. The third-order valence-electron chi connectivity index (χ3n) is 1.85. The van der Waals surface area contributed by atoms with Crippen LogP contribution in [0.3, 0.4) is 0 Å². The van der Waals surface area contributed by atoms with Gasteiger partial charge < -0.3 is 4.74 Å². The Labute approximate surface area is 78.3 Å². The first kappa shape index (κ1) is 9.56. The summed E-state index contributed by atoms with van der Waals surface area (Å²) in [6.45, 7) is 2.81. The fourth-order valence-corrected chi connectivity index (χ4v) is 1.54. The second kappa shape index (κ2) is 4.48. The van der Waals surface area contributed by atoms with Crippen LogP contribution in [0.2, 0.25) is 5.02 Å². The van der Waals surface area contributed by atoms with Crippen LogP contribution >= 0.6 is 11.6 Å². The molecule has 0 heterocycles. The fourth-order valence-electron chi connectivity index (χ4n) is 1.21. The number of hydrogen-bond acceptors (Lipinski definition) is 1. The minimum atomic E-state index is 0.365. The Kier molecular flexibility index (Phi) is 3.57. The summed E-state index contributed by atoms with van der Waals surface area (Å²) in [6, 6.07) is 7.87. The number of ether oxygens (including phenoxy) is 1. The van der Waals surface area contributed by atoms with Gasteiger partial charge in [-0.3, -0.25) is 0 Å². The van der Waals surface area contributed by atoms with Crippen molar-refractivity contribution >= 4 is 11.6 Å². The van der Waals surface area contributed by atoms with Gasteiger partial charge in [0.2, 0.25) is 0 Å². The quantitative estimate of drug-likeness (QED) is 0.702. The Morgan fingerprint density at radius 3 is 2.67 bits per heavy atom. The third kappa shape index (κ3) is 2.23. The molecular formula is C10H13ClO. The lowest BCUT2D eigenvalue weighted by Crippen LogP contribution is -2.01. The molecule has 0 fully saturated rings. The van der Waals surface area contributed by atoms with Crippen molar-refractivity contribution in [3.05, 3.63) is 34.9 Å². The minimum absolute atomic E-state index is 0.365. The van der Waals surface area contributed by atoms with Gasteiger partial charge in [-0.25, -0.2) is 0 Å². The Morgan fingerprint density at radius 1 is 1.42 bits per heavy atom. The number of rotatable bonds is 3. The Hall–Kier alpha value is -0.530. The normalized spacial score (nSPS) is 12.9. The van der Waals surface area contributed by atoms with Crippen molar-refractivity contribution in [3.8, 4) is 0 Å². The molecule has 1 rings (SSSR count). The van der Waals surface area contributed by atoms with Crippen molar-refractivity contribution in [3.63, 3.8) is 0 Å². The Morgan fingerprint density at radius 2 is 2.08 bits per heavy atom. The van der Waals surface area contributed by atoms with Gasteiger partial charge in [-0.15, -0.1) is 0 Å². The molecule has 1 aromatic rings. The number of benzene rings is 1. The molecule has 0 radical (unpaired) electrons. The smallest absolute Gasteiger partial charge is 0.0528 e. The average molecular weight is 185 g/mol. The van der Waals surface area contributed by atoms with Crippen LogP contribution in [0.15, 0.2) is 24.3 Å². The van der Waals surface area contributed by atoms with Gasteiger partial charge in [0.05, 0.1) is 6.61 Å². The second-order valence-electron chi connectivity index (χ2n) is 2.88. The second-order valence-corrected chi connectivity index (χ2v) is 3.29. The molecule has 0 aliphatic carbocycles. The van der Waals surface area contributed by atoms with Crippen molar-refractivity contribution in [2.24, 2.45) is 0 Å². The predicted molar refractivity (Wildman–Crippen MR) is 51.7 cm³/mol. The lowest BCUT2D eigenvalue weighted by molar-refractivity contribution is 0.184. The highest BCUT2D eigenvalue weighted by molar-refractivity contribution is 6.31. The summed E-state index contributed by atoms with van der Waals surface area (Å²) in [5.74, 6) is 0.365. The molecule has 0 bridgehead atoms. The monoisotopic (exact) mass is 184 g/mol. The summed E-state index contributed by atoms with van der Waals surface area (Å²) in [4.78, 5) is 0. The van der Waals surface area contributed by atoms with Gasteiger partial charge >= 0.3 is 0 Å². The largest absolute Gasteiger partial charge is 0.384 e. The van der Waals surface area contributed by atoms with Crippen LogP contribution in [-0.4, -0.2) is 13.7 Å².